The lowest BCUT2D eigenvalue weighted by molar-refractivity contribution is -0.121. The van der Waals surface area contributed by atoms with Crippen molar-refractivity contribution in [2.45, 2.75) is 13.3 Å². The predicted octanol–water partition coefficient (Wildman–Crippen LogP) is 1.10. The quantitative estimate of drug-likeness (QED) is 0.811. The van der Waals surface area contributed by atoms with Crippen molar-refractivity contribution in [1.82, 2.24) is 10.2 Å². The Bertz CT molecular complexity index is 488. The zero-order valence-corrected chi connectivity index (χ0v) is 10.2. The Kier molecular flexibility index (Phi) is 3.60. The molecule has 5 heteroatoms. The fraction of sp³-hybridized carbons (Fsp3) is 0.385. The zero-order chi connectivity index (χ0) is 13.1. The first kappa shape index (κ1) is 12.5. The summed E-state index contributed by atoms with van der Waals surface area (Å²) in [4.78, 5) is 25.1. The summed E-state index contributed by atoms with van der Waals surface area (Å²) in [5, 5.41) is 2.70. The highest BCUT2D eigenvalue weighted by atomic mass is 19.1. The monoisotopic (exact) mass is 250 g/mol. The number of halogens is 1. The Labute approximate surface area is 105 Å². The molecule has 0 unspecified atom stereocenters. The van der Waals surface area contributed by atoms with Gasteiger partial charge in [0.2, 0.25) is 5.91 Å². The van der Waals surface area contributed by atoms with Crippen LogP contribution in [0, 0.1) is 12.7 Å². The summed E-state index contributed by atoms with van der Waals surface area (Å²) in [6, 6.07) is 4.11. The van der Waals surface area contributed by atoms with Crippen LogP contribution in [0.5, 0.6) is 0 Å². The lowest BCUT2D eigenvalue weighted by atomic mass is 10.1. The number of hydrogen-bond acceptors (Lipinski definition) is 2. The van der Waals surface area contributed by atoms with Crippen molar-refractivity contribution in [2.75, 3.05) is 19.6 Å². The van der Waals surface area contributed by atoms with Gasteiger partial charge in [-0.1, -0.05) is 6.07 Å². The molecule has 2 amide bonds. The number of carbonyl (C=O) groups is 2. The van der Waals surface area contributed by atoms with E-state index in [1.165, 1.54) is 17.0 Å². The van der Waals surface area contributed by atoms with E-state index < -0.39 is 5.82 Å². The zero-order valence-electron chi connectivity index (χ0n) is 10.2. The summed E-state index contributed by atoms with van der Waals surface area (Å²) in [7, 11) is 0. The molecular formula is C13H15FN2O2. The minimum absolute atomic E-state index is 0.0365. The third kappa shape index (κ3) is 2.67. The Morgan fingerprint density at radius 2 is 2.22 bits per heavy atom. The third-order valence-electron chi connectivity index (χ3n) is 2.98. The van der Waals surface area contributed by atoms with E-state index in [1.807, 2.05) is 0 Å². The fourth-order valence-corrected chi connectivity index (χ4v) is 1.97. The maximum Gasteiger partial charge on any atom is 0.254 e. The number of nitrogens with zero attached hydrogens (tertiary/aromatic N) is 1. The van der Waals surface area contributed by atoms with Crippen molar-refractivity contribution in [3.05, 3.63) is 35.1 Å². The normalized spacial score (nSPS) is 16.1. The standard InChI is InChI=1S/C13H15FN2O2/c1-9-3-4-10(14)7-11(9)13(18)16-6-2-5-15-12(17)8-16/h3-4,7H,2,5-6,8H2,1H3,(H,15,17). The van der Waals surface area contributed by atoms with Crippen molar-refractivity contribution in [3.63, 3.8) is 0 Å². The van der Waals surface area contributed by atoms with E-state index in [4.69, 9.17) is 0 Å². The van der Waals surface area contributed by atoms with E-state index in [9.17, 15) is 14.0 Å². The second kappa shape index (κ2) is 5.16. The van der Waals surface area contributed by atoms with E-state index in [0.29, 0.717) is 30.6 Å². The molecule has 0 saturated carbocycles. The number of carbonyl (C=O) groups excluding carboxylic acids is 2. The summed E-state index contributed by atoms with van der Waals surface area (Å²) in [5.41, 5.74) is 1.04. The molecule has 0 aliphatic carbocycles. The molecule has 1 aliphatic rings. The molecule has 0 radical (unpaired) electrons. The second-order valence-electron chi connectivity index (χ2n) is 4.39. The summed E-state index contributed by atoms with van der Waals surface area (Å²) in [6.45, 7) is 2.87. The van der Waals surface area contributed by atoms with Crippen LogP contribution in [0.2, 0.25) is 0 Å². The molecule has 0 spiro atoms. The SMILES string of the molecule is Cc1ccc(F)cc1C(=O)N1CCCNC(=O)C1. The van der Waals surface area contributed by atoms with Gasteiger partial charge in [0.1, 0.15) is 5.82 Å². The van der Waals surface area contributed by atoms with Crippen LogP contribution in [-0.4, -0.2) is 36.3 Å². The number of nitrogens with one attached hydrogen (secondary N) is 1. The van der Waals surface area contributed by atoms with Gasteiger partial charge in [0.15, 0.2) is 0 Å². The van der Waals surface area contributed by atoms with Crippen LogP contribution < -0.4 is 5.32 Å². The smallest absolute Gasteiger partial charge is 0.254 e. The van der Waals surface area contributed by atoms with E-state index in [0.717, 1.165) is 0 Å². The van der Waals surface area contributed by atoms with Gasteiger partial charge in [-0.3, -0.25) is 9.59 Å². The number of aryl methyl sites for hydroxylation is 1. The van der Waals surface area contributed by atoms with Crippen molar-refractivity contribution in [1.29, 1.82) is 0 Å². The van der Waals surface area contributed by atoms with Crippen LogP contribution in [0.15, 0.2) is 18.2 Å². The molecule has 1 fully saturated rings. The van der Waals surface area contributed by atoms with Crippen LogP contribution >= 0.6 is 0 Å². The summed E-state index contributed by atoms with van der Waals surface area (Å²) >= 11 is 0. The number of rotatable bonds is 1. The molecule has 96 valence electrons. The van der Waals surface area contributed by atoms with Gasteiger partial charge in [-0.25, -0.2) is 4.39 Å². The van der Waals surface area contributed by atoms with Crippen molar-refractivity contribution in [3.8, 4) is 0 Å². The predicted molar refractivity (Wildman–Crippen MR) is 64.7 cm³/mol. The average Bonchev–Trinajstić information content (AvgIpc) is 2.56. The minimum Gasteiger partial charge on any atom is -0.354 e. The molecule has 1 saturated heterocycles. The Morgan fingerprint density at radius 3 is 3.00 bits per heavy atom. The van der Waals surface area contributed by atoms with Gasteiger partial charge in [0.05, 0.1) is 6.54 Å². The highest BCUT2D eigenvalue weighted by molar-refractivity contribution is 5.97. The highest BCUT2D eigenvalue weighted by Gasteiger charge is 2.22. The van der Waals surface area contributed by atoms with Crippen molar-refractivity contribution in [2.24, 2.45) is 0 Å². The van der Waals surface area contributed by atoms with Gasteiger partial charge in [0.25, 0.3) is 5.91 Å². The molecule has 18 heavy (non-hydrogen) atoms. The maximum absolute atomic E-state index is 13.2. The number of amides is 2. The largest absolute Gasteiger partial charge is 0.354 e. The van der Waals surface area contributed by atoms with Gasteiger partial charge in [-0.2, -0.15) is 0 Å². The van der Waals surface area contributed by atoms with Gasteiger partial charge in [-0.05, 0) is 31.0 Å². The van der Waals surface area contributed by atoms with Gasteiger partial charge >= 0.3 is 0 Å². The summed E-state index contributed by atoms with van der Waals surface area (Å²) in [6.07, 6.45) is 0.714. The van der Waals surface area contributed by atoms with Crippen LogP contribution in [0.1, 0.15) is 22.3 Å². The molecule has 0 bridgehead atoms. The van der Waals surface area contributed by atoms with E-state index in [2.05, 4.69) is 5.32 Å². The van der Waals surface area contributed by atoms with Crippen molar-refractivity contribution < 1.29 is 14.0 Å². The molecular weight excluding hydrogens is 235 g/mol. The first-order chi connectivity index (χ1) is 8.58. The maximum atomic E-state index is 13.2. The second-order valence-corrected chi connectivity index (χ2v) is 4.39. The summed E-state index contributed by atoms with van der Waals surface area (Å²) in [5.74, 6) is -0.901. The highest BCUT2D eigenvalue weighted by Crippen LogP contribution is 2.14. The Hall–Kier alpha value is -1.91. The van der Waals surface area contributed by atoms with Crippen molar-refractivity contribution >= 4 is 11.8 Å². The lowest BCUT2D eigenvalue weighted by Gasteiger charge is -2.20. The molecule has 1 aliphatic heterocycles. The average molecular weight is 250 g/mol. The van der Waals surface area contributed by atoms with E-state index >= 15 is 0 Å². The molecule has 2 rings (SSSR count). The first-order valence-electron chi connectivity index (χ1n) is 5.90. The molecule has 1 aromatic carbocycles. The minimum atomic E-state index is -0.441. The van der Waals surface area contributed by atoms with Crippen LogP contribution in [0.4, 0.5) is 4.39 Å². The number of benzene rings is 1. The fourth-order valence-electron chi connectivity index (χ4n) is 1.97. The summed E-state index contributed by atoms with van der Waals surface area (Å²) < 4.78 is 13.2. The van der Waals surface area contributed by atoms with Gasteiger partial charge < -0.3 is 10.2 Å². The molecule has 1 aromatic rings. The van der Waals surface area contributed by atoms with E-state index in [-0.39, 0.29) is 18.4 Å². The Morgan fingerprint density at radius 1 is 1.44 bits per heavy atom. The van der Waals surface area contributed by atoms with Gasteiger partial charge in [-0.15, -0.1) is 0 Å². The van der Waals surface area contributed by atoms with Crippen LogP contribution in [0.3, 0.4) is 0 Å². The molecule has 0 atom stereocenters. The van der Waals surface area contributed by atoms with E-state index in [1.54, 1.807) is 13.0 Å². The van der Waals surface area contributed by atoms with Gasteiger partial charge in [0, 0.05) is 18.7 Å². The molecule has 0 aromatic heterocycles. The van der Waals surface area contributed by atoms with Crippen LogP contribution in [-0.2, 0) is 4.79 Å². The lowest BCUT2D eigenvalue weighted by Crippen LogP contribution is -2.37. The topological polar surface area (TPSA) is 49.4 Å². The third-order valence-corrected chi connectivity index (χ3v) is 2.98. The molecule has 4 nitrogen and oxygen atoms in total. The number of hydrogen-bond donors (Lipinski definition) is 1. The first-order valence-corrected chi connectivity index (χ1v) is 5.90. The van der Waals surface area contributed by atoms with Crippen LogP contribution in [0.25, 0.3) is 0 Å². The molecule has 1 N–H and O–H groups in total. The molecule has 1 heterocycles. The Balaban J connectivity index is 2.24.